The molecular formula is C11H14N2O. The molecule has 1 aromatic carbocycles. The van der Waals surface area contributed by atoms with Crippen molar-refractivity contribution in [3.05, 3.63) is 24.3 Å². The number of rotatable bonds is 2. The van der Waals surface area contributed by atoms with Crippen molar-refractivity contribution in [2.45, 2.75) is 13.3 Å². The highest BCUT2D eigenvalue weighted by Crippen LogP contribution is 2.38. The van der Waals surface area contributed by atoms with Gasteiger partial charge < -0.3 is 11.1 Å². The molecule has 1 fully saturated rings. The van der Waals surface area contributed by atoms with Crippen LogP contribution in [0, 0.1) is 11.8 Å². The maximum atomic E-state index is 11.5. The van der Waals surface area contributed by atoms with Gasteiger partial charge in [-0.15, -0.1) is 0 Å². The van der Waals surface area contributed by atoms with E-state index in [1.165, 1.54) is 0 Å². The van der Waals surface area contributed by atoms with Gasteiger partial charge in [-0.1, -0.05) is 6.92 Å². The summed E-state index contributed by atoms with van der Waals surface area (Å²) in [5.74, 6) is 0.888. The average Bonchev–Trinajstić information content (AvgIpc) is 2.87. The molecule has 3 heteroatoms. The lowest BCUT2D eigenvalue weighted by Gasteiger charge is -2.04. The number of anilines is 2. The summed E-state index contributed by atoms with van der Waals surface area (Å²) in [5, 5.41) is 2.87. The number of nitrogens with one attached hydrogen (secondary N) is 1. The molecule has 0 aliphatic heterocycles. The summed E-state index contributed by atoms with van der Waals surface area (Å²) in [7, 11) is 0. The van der Waals surface area contributed by atoms with Gasteiger partial charge in [-0.3, -0.25) is 4.79 Å². The van der Waals surface area contributed by atoms with E-state index in [2.05, 4.69) is 12.2 Å². The van der Waals surface area contributed by atoms with E-state index < -0.39 is 0 Å². The van der Waals surface area contributed by atoms with Crippen LogP contribution < -0.4 is 11.1 Å². The van der Waals surface area contributed by atoms with Gasteiger partial charge in [0.05, 0.1) is 0 Å². The van der Waals surface area contributed by atoms with Crippen molar-refractivity contribution < 1.29 is 4.79 Å². The van der Waals surface area contributed by atoms with Gasteiger partial charge in [0.25, 0.3) is 0 Å². The lowest BCUT2D eigenvalue weighted by molar-refractivity contribution is -0.117. The van der Waals surface area contributed by atoms with E-state index in [1.807, 2.05) is 12.1 Å². The number of amides is 1. The predicted molar refractivity (Wildman–Crippen MR) is 56.8 cm³/mol. The molecule has 14 heavy (non-hydrogen) atoms. The average molecular weight is 190 g/mol. The monoisotopic (exact) mass is 190 g/mol. The molecule has 0 radical (unpaired) electrons. The third-order valence-corrected chi connectivity index (χ3v) is 2.62. The van der Waals surface area contributed by atoms with Gasteiger partial charge in [-0.2, -0.15) is 0 Å². The Morgan fingerprint density at radius 3 is 2.50 bits per heavy atom. The lowest BCUT2D eigenvalue weighted by atomic mass is 10.2. The van der Waals surface area contributed by atoms with Crippen LogP contribution in [0.1, 0.15) is 13.3 Å². The van der Waals surface area contributed by atoms with Crippen LogP contribution in [0.5, 0.6) is 0 Å². The maximum Gasteiger partial charge on any atom is 0.227 e. The summed E-state index contributed by atoms with van der Waals surface area (Å²) in [6.07, 6.45) is 1.01. The first-order valence-corrected chi connectivity index (χ1v) is 4.83. The lowest BCUT2D eigenvalue weighted by Crippen LogP contribution is -2.14. The number of nitrogen functional groups attached to an aromatic ring is 1. The molecule has 74 valence electrons. The minimum Gasteiger partial charge on any atom is -0.399 e. The molecule has 1 aliphatic rings. The van der Waals surface area contributed by atoms with Gasteiger partial charge in [0.2, 0.25) is 5.91 Å². The van der Waals surface area contributed by atoms with Crippen LogP contribution >= 0.6 is 0 Å². The predicted octanol–water partition coefficient (Wildman–Crippen LogP) is 1.86. The smallest absolute Gasteiger partial charge is 0.227 e. The van der Waals surface area contributed by atoms with Crippen LogP contribution in [0.25, 0.3) is 0 Å². The van der Waals surface area contributed by atoms with Gasteiger partial charge in [0.15, 0.2) is 0 Å². The van der Waals surface area contributed by atoms with Crippen LogP contribution in [0.15, 0.2) is 24.3 Å². The van der Waals surface area contributed by atoms with Crippen molar-refractivity contribution in [1.29, 1.82) is 0 Å². The molecule has 1 amide bonds. The van der Waals surface area contributed by atoms with Crippen molar-refractivity contribution in [2.75, 3.05) is 11.1 Å². The molecule has 3 nitrogen and oxygen atoms in total. The molecule has 2 atom stereocenters. The van der Waals surface area contributed by atoms with E-state index in [4.69, 9.17) is 5.73 Å². The minimum absolute atomic E-state index is 0.127. The van der Waals surface area contributed by atoms with Crippen molar-refractivity contribution in [3.63, 3.8) is 0 Å². The zero-order valence-corrected chi connectivity index (χ0v) is 8.16. The summed E-state index contributed by atoms with van der Waals surface area (Å²) in [6, 6.07) is 7.21. The highest BCUT2D eigenvalue weighted by molar-refractivity contribution is 5.94. The molecule has 0 spiro atoms. The number of carbonyl (C=O) groups excluding carboxylic acids is 1. The van der Waals surface area contributed by atoms with Gasteiger partial charge >= 0.3 is 0 Å². The molecule has 1 saturated carbocycles. The molecule has 2 unspecified atom stereocenters. The van der Waals surface area contributed by atoms with Crippen molar-refractivity contribution in [1.82, 2.24) is 0 Å². The normalized spacial score (nSPS) is 24.4. The second-order valence-corrected chi connectivity index (χ2v) is 3.93. The molecule has 1 aromatic rings. The summed E-state index contributed by atoms with van der Waals surface area (Å²) in [5.41, 5.74) is 7.07. The van der Waals surface area contributed by atoms with E-state index in [-0.39, 0.29) is 11.8 Å². The van der Waals surface area contributed by atoms with E-state index in [1.54, 1.807) is 12.1 Å². The van der Waals surface area contributed by atoms with Crippen LogP contribution in [0.2, 0.25) is 0 Å². The number of nitrogens with two attached hydrogens (primary N) is 1. The molecule has 0 aromatic heterocycles. The van der Waals surface area contributed by atoms with Crippen molar-refractivity contribution in [2.24, 2.45) is 11.8 Å². The number of benzene rings is 1. The van der Waals surface area contributed by atoms with E-state index in [0.717, 1.165) is 12.1 Å². The molecule has 0 bridgehead atoms. The SMILES string of the molecule is CC1CC1C(=O)Nc1ccc(N)cc1. The fraction of sp³-hybridized carbons (Fsp3) is 0.364. The molecule has 0 heterocycles. The Morgan fingerprint density at radius 1 is 1.43 bits per heavy atom. The molecule has 0 saturated heterocycles. The van der Waals surface area contributed by atoms with Crippen LogP contribution in [-0.2, 0) is 4.79 Å². The summed E-state index contributed by atoms with van der Waals surface area (Å²) in [6.45, 7) is 2.09. The molecular weight excluding hydrogens is 176 g/mol. The maximum absolute atomic E-state index is 11.5. The third kappa shape index (κ3) is 1.87. The van der Waals surface area contributed by atoms with Gasteiger partial charge in [-0.05, 0) is 36.6 Å². The standard InChI is InChI=1S/C11H14N2O/c1-7-6-10(7)11(14)13-9-4-2-8(12)3-5-9/h2-5,7,10H,6,12H2,1H3,(H,13,14). The van der Waals surface area contributed by atoms with Crippen molar-refractivity contribution >= 4 is 17.3 Å². The van der Waals surface area contributed by atoms with Crippen molar-refractivity contribution in [3.8, 4) is 0 Å². The van der Waals surface area contributed by atoms with Gasteiger partial charge in [0.1, 0.15) is 0 Å². The summed E-state index contributed by atoms with van der Waals surface area (Å²) >= 11 is 0. The molecule has 3 N–H and O–H groups in total. The molecule has 2 rings (SSSR count). The summed E-state index contributed by atoms with van der Waals surface area (Å²) < 4.78 is 0. The van der Waals surface area contributed by atoms with Crippen LogP contribution in [0.3, 0.4) is 0 Å². The highest BCUT2D eigenvalue weighted by Gasteiger charge is 2.38. The van der Waals surface area contributed by atoms with Gasteiger partial charge in [-0.25, -0.2) is 0 Å². The Morgan fingerprint density at radius 2 is 2.00 bits per heavy atom. The third-order valence-electron chi connectivity index (χ3n) is 2.62. The highest BCUT2D eigenvalue weighted by atomic mass is 16.2. The molecule has 1 aliphatic carbocycles. The fourth-order valence-corrected chi connectivity index (χ4v) is 1.49. The summed E-state index contributed by atoms with van der Waals surface area (Å²) in [4.78, 5) is 11.5. The Labute approximate surface area is 83.3 Å². The Bertz CT molecular complexity index is 345. The zero-order valence-electron chi connectivity index (χ0n) is 8.16. The first-order chi connectivity index (χ1) is 6.66. The first-order valence-electron chi connectivity index (χ1n) is 4.83. The fourth-order valence-electron chi connectivity index (χ4n) is 1.49. The first kappa shape index (κ1) is 9.06. The van der Waals surface area contributed by atoms with Crippen LogP contribution in [-0.4, -0.2) is 5.91 Å². The number of carbonyl (C=O) groups is 1. The van der Waals surface area contributed by atoms with Gasteiger partial charge in [0, 0.05) is 17.3 Å². The Kier molecular flexibility index (Phi) is 2.15. The zero-order chi connectivity index (χ0) is 10.1. The van der Waals surface area contributed by atoms with E-state index in [0.29, 0.717) is 11.6 Å². The van der Waals surface area contributed by atoms with E-state index in [9.17, 15) is 4.79 Å². The van der Waals surface area contributed by atoms with Crippen LogP contribution in [0.4, 0.5) is 11.4 Å². The second-order valence-electron chi connectivity index (χ2n) is 3.93. The number of hydrogen-bond acceptors (Lipinski definition) is 2. The number of hydrogen-bond donors (Lipinski definition) is 2. The largest absolute Gasteiger partial charge is 0.399 e. The second kappa shape index (κ2) is 3.33. The van der Waals surface area contributed by atoms with E-state index >= 15 is 0 Å². The Balaban J connectivity index is 1.97. The minimum atomic E-state index is 0.127. The quantitative estimate of drug-likeness (QED) is 0.699. The Hall–Kier alpha value is -1.51. The topological polar surface area (TPSA) is 55.1 Å².